The molecule has 2 amide bonds. The number of nitrogens with zero attached hydrogens (tertiary/aromatic N) is 2. The van der Waals surface area contributed by atoms with Crippen LogP contribution in [-0.4, -0.2) is 57.0 Å². The van der Waals surface area contributed by atoms with Gasteiger partial charge >= 0.3 is 0 Å². The van der Waals surface area contributed by atoms with Gasteiger partial charge in [0.25, 0.3) is 10.0 Å². The minimum absolute atomic E-state index is 0.0795. The first-order valence-corrected chi connectivity index (χ1v) is 14.9. The quantitative estimate of drug-likeness (QED) is 0.364. The average molecular weight is 584 g/mol. The van der Waals surface area contributed by atoms with Crippen LogP contribution >= 0.6 is 0 Å². The average Bonchev–Trinajstić information content (AvgIpc) is 2.98. The van der Waals surface area contributed by atoms with Crippen LogP contribution in [0.5, 0.6) is 11.5 Å². The van der Waals surface area contributed by atoms with Gasteiger partial charge in [0.2, 0.25) is 11.8 Å². The van der Waals surface area contributed by atoms with Crippen LogP contribution in [0, 0.1) is 5.82 Å². The first-order chi connectivity index (χ1) is 19.6. The van der Waals surface area contributed by atoms with E-state index in [0.717, 1.165) is 22.0 Å². The minimum Gasteiger partial charge on any atom is -0.486 e. The molecular formula is C30H34FN3O6S. The summed E-state index contributed by atoms with van der Waals surface area (Å²) in [6.45, 7) is 5.47. The van der Waals surface area contributed by atoms with E-state index in [9.17, 15) is 22.4 Å². The number of benzene rings is 3. The van der Waals surface area contributed by atoms with E-state index in [4.69, 9.17) is 9.47 Å². The Morgan fingerprint density at radius 2 is 1.61 bits per heavy atom. The summed E-state index contributed by atoms with van der Waals surface area (Å²) in [7, 11) is -4.34. The summed E-state index contributed by atoms with van der Waals surface area (Å²) in [5.41, 5.74) is 0.859. The highest BCUT2D eigenvalue weighted by Crippen LogP contribution is 2.34. The summed E-state index contributed by atoms with van der Waals surface area (Å²) in [5.74, 6) is -0.839. The standard InChI is InChI=1S/C30H34FN3O6S/c1-4-21(2)32-30(36)22(3)33(19-23-8-6-5-7-9-23)29(35)20-34(25-12-10-24(31)11-13-25)41(37,38)26-14-15-27-28(18-26)40-17-16-39-27/h5-15,18,21-22H,4,16-17,19-20H2,1-3H3,(H,32,36)/t21-,22-/m0/s1. The number of nitrogens with one attached hydrogen (secondary N) is 1. The van der Waals surface area contributed by atoms with Gasteiger partial charge in [-0.05, 0) is 62.2 Å². The van der Waals surface area contributed by atoms with Crippen LogP contribution in [0.4, 0.5) is 10.1 Å². The molecule has 0 bridgehead atoms. The lowest BCUT2D eigenvalue weighted by Crippen LogP contribution is -2.52. The first-order valence-electron chi connectivity index (χ1n) is 13.4. The molecule has 0 aliphatic carbocycles. The number of carbonyl (C=O) groups excluding carboxylic acids is 2. The zero-order valence-corrected chi connectivity index (χ0v) is 24.1. The van der Waals surface area contributed by atoms with Crippen molar-refractivity contribution in [3.63, 3.8) is 0 Å². The Morgan fingerprint density at radius 1 is 0.951 bits per heavy atom. The number of sulfonamides is 1. The Bertz CT molecular complexity index is 1470. The largest absolute Gasteiger partial charge is 0.486 e. The Morgan fingerprint density at radius 3 is 2.27 bits per heavy atom. The van der Waals surface area contributed by atoms with Crippen molar-refractivity contribution in [2.45, 2.75) is 50.7 Å². The summed E-state index contributed by atoms with van der Waals surface area (Å²) >= 11 is 0. The van der Waals surface area contributed by atoms with Gasteiger partial charge < -0.3 is 19.7 Å². The molecule has 4 rings (SSSR count). The maximum Gasteiger partial charge on any atom is 0.264 e. The van der Waals surface area contributed by atoms with Gasteiger partial charge in [0, 0.05) is 18.7 Å². The normalized spacial score (nSPS) is 14.0. The maximum atomic E-state index is 14.0. The van der Waals surface area contributed by atoms with Crippen molar-refractivity contribution < 1.29 is 31.9 Å². The van der Waals surface area contributed by atoms with Crippen molar-refractivity contribution in [3.05, 3.63) is 84.2 Å². The third-order valence-corrected chi connectivity index (χ3v) is 8.63. The van der Waals surface area contributed by atoms with Gasteiger partial charge in [-0.15, -0.1) is 0 Å². The Kier molecular flexibility index (Phi) is 9.49. The lowest BCUT2D eigenvalue weighted by Gasteiger charge is -2.32. The Labute approximate surface area is 239 Å². The lowest BCUT2D eigenvalue weighted by molar-refractivity contribution is -0.139. The van der Waals surface area contributed by atoms with E-state index in [2.05, 4.69) is 5.32 Å². The summed E-state index contributed by atoms with van der Waals surface area (Å²) in [4.78, 5) is 28.2. The van der Waals surface area contributed by atoms with E-state index < -0.39 is 34.3 Å². The molecule has 1 heterocycles. The fourth-order valence-corrected chi connectivity index (χ4v) is 5.71. The van der Waals surface area contributed by atoms with Crippen LogP contribution in [-0.2, 0) is 26.2 Å². The van der Waals surface area contributed by atoms with Crippen LogP contribution in [0.25, 0.3) is 0 Å². The van der Waals surface area contributed by atoms with Crippen molar-refractivity contribution in [2.75, 3.05) is 24.1 Å². The van der Waals surface area contributed by atoms with Gasteiger partial charge in [-0.3, -0.25) is 13.9 Å². The number of rotatable bonds is 11. The molecule has 0 saturated heterocycles. The van der Waals surface area contributed by atoms with E-state index in [-0.39, 0.29) is 41.4 Å². The molecule has 41 heavy (non-hydrogen) atoms. The zero-order valence-electron chi connectivity index (χ0n) is 23.2. The topological polar surface area (TPSA) is 105 Å². The molecule has 0 unspecified atom stereocenters. The van der Waals surface area contributed by atoms with E-state index in [0.29, 0.717) is 18.8 Å². The van der Waals surface area contributed by atoms with Crippen molar-refractivity contribution in [3.8, 4) is 11.5 Å². The Balaban J connectivity index is 1.70. The number of hydrogen-bond donors (Lipinski definition) is 1. The number of fused-ring (bicyclic) bond motifs is 1. The Hall–Kier alpha value is -4.12. The van der Waals surface area contributed by atoms with Crippen LogP contribution in [0.1, 0.15) is 32.8 Å². The lowest BCUT2D eigenvalue weighted by atomic mass is 10.1. The number of anilines is 1. The summed E-state index contributed by atoms with van der Waals surface area (Å²) < 4.78 is 53.8. The summed E-state index contributed by atoms with van der Waals surface area (Å²) in [5, 5.41) is 2.89. The smallest absolute Gasteiger partial charge is 0.264 e. The van der Waals surface area contributed by atoms with Crippen molar-refractivity contribution in [1.29, 1.82) is 0 Å². The van der Waals surface area contributed by atoms with Gasteiger partial charge in [0.05, 0.1) is 10.6 Å². The number of amides is 2. The molecular weight excluding hydrogens is 549 g/mol. The van der Waals surface area contributed by atoms with Gasteiger partial charge in [0.15, 0.2) is 11.5 Å². The fraction of sp³-hybridized carbons (Fsp3) is 0.333. The molecule has 11 heteroatoms. The summed E-state index contributed by atoms with van der Waals surface area (Å²) in [6, 6.07) is 17.1. The number of hydrogen-bond acceptors (Lipinski definition) is 6. The molecule has 1 N–H and O–H groups in total. The van der Waals surface area contributed by atoms with Crippen molar-refractivity contribution >= 4 is 27.5 Å². The van der Waals surface area contributed by atoms with Gasteiger partial charge in [0.1, 0.15) is 31.6 Å². The third-order valence-electron chi connectivity index (χ3n) is 6.86. The maximum absolute atomic E-state index is 14.0. The van der Waals surface area contributed by atoms with Crippen molar-refractivity contribution in [1.82, 2.24) is 10.2 Å². The zero-order chi connectivity index (χ0) is 29.6. The predicted molar refractivity (Wildman–Crippen MR) is 153 cm³/mol. The molecule has 0 aromatic heterocycles. The van der Waals surface area contributed by atoms with Crippen LogP contribution < -0.4 is 19.1 Å². The molecule has 218 valence electrons. The van der Waals surface area contributed by atoms with E-state index >= 15 is 0 Å². The molecule has 0 saturated carbocycles. The van der Waals surface area contributed by atoms with Crippen LogP contribution in [0.3, 0.4) is 0 Å². The number of ether oxygens (including phenoxy) is 2. The summed E-state index contributed by atoms with van der Waals surface area (Å²) in [6.07, 6.45) is 0.706. The molecule has 1 aliphatic heterocycles. The predicted octanol–water partition coefficient (Wildman–Crippen LogP) is 4.12. The highest BCUT2D eigenvalue weighted by atomic mass is 32.2. The molecule has 2 atom stereocenters. The molecule has 3 aromatic rings. The minimum atomic E-state index is -4.34. The second-order valence-electron chi connectivity index (χ2n) is 9.79. The van der Waals surface area contributed by atoms with Gasteiger partial charge in [-0.2, -0.15) is 0 Å². The molecule has 0 spiro atoms. The molecule has 9 nitrogen and oxygen atoms in total. The first kappa shape index (κ1) is 29.9. The van der Waals surface area contributed by atoms with E-state index in [1.807, 2.05) is 44.2 Å². The van der Waals surface area contributed by atoms with Crippen molar-refractivity contribution in [2.24, 2.45) is 0 Å². The molecule has 0 fully saturated rings. The second kappa shape index (κ2) is 13.0. The molecule has 3 aromatic carbocycles. The molecule has 0 radical (unpaired) electrons. The highest BCUT2D eigenvalue weighted by Gasteiger charge is 2.33. The number of halogens is 1. The van der Waals surface area contributed by atoms with Gasteiger partial charge in [-0.1, -0.05) is 37.3 Å². The van der Waals surface area contributed by atoms with E-state index in [1.165, 1.54) is 35.2 Å². The van der Waals surface area contributed by atoms with E-state index in [1.54, 1.807) is 6.92 Å². The third kappa shape index (κ3) is 7.15. The van der Waals surface area contributed by atoms with Gasteiger partial charge in [-0.25, -0.2) is 12.8 Å². The van der Waals surface area contributed by atoms with Crippen LogP contribution in [0.2, 0.25) is 0 Å². The van der Waals surface area contributed by atoms with Crippen LogP contribution in [0.15, 0.2) is 77.7 Å². The monoisotopic (exact) mass is 583 g/mol. The highest BCUT2D eigenvalue weighted by molar-refractivity contribution is 7.92. The fourth-order valence-electron chi connectivity index (χ4n) is 4.28. The number of carbonyl (C=O) groups is 2. The second-order valence-corrected chi connectivity index (χ2v) is 11.7. The SMILES string of the molecule is CC[C@H](C)NC(=O)[C@H](C)N(Cc1ccccc1)C(=O)CN(c1ccc(F)cc1)S(=O)(=O)c1ccc2c(c1)OCCO2. The molecule has 1 aliphatic rings.